The summed E-state index contributed by atoms with van der Waals surface area (Å²) in [6.07, 6.45) is 2.51. The molecular weight excluding hydrogens is 439 g/mol. The summed E-state index contributed by atoms with van der Waals surface area (Å²) >= 11 is 0. The summed E-state index contributed by atoms with van der Waals surface area (Å²) in [4.78, 5) is 14.8. The first-order chi connectivity index (χ1) is 15.6. The fourth-order valence-electron chi connectivity index (χ4n) is 4.35. The molecule has 0 aliphatic carbocycles. The number of rotatable bonds is 8. The Morgan fingerprint density at radius 2 is 1.79 bits per heavy atom. The molecule has 1 aliphatic heterocycles. The molecule has 5 nitrogen and oxygen atoms in total. The van der Waals surface area contributed by atoms with Crippen LogP contribution in [0.1, 0.15) is 62.6 Å². The zero-order chi connectivity index (χ0) is 24.2. The molecule has 33 heavy (non-hydrogen) atoms. The summed E-state index contributed by atoms with van der Waals surface area (Å²) in [5, 5.41) is 2.71. The van der Waals surface area contributed by atoms with Gasteiger partial charge < -0.3 is 5.32 Å². The van der Waals surface area contributed by atoms with E-state index < -0.39 is 15.7 Å². The zero-order valence-corrected chi connectivity index (χ0v) is 20.8. The molecule has 1 N–H and O–H groups in total. The lowest BCUT2D eigenvalue weighted by Gasteiger charge is -2.33. The smallest absolute Gasteiger partial charge is 0.227 e. The molecule has 7 heteroatoms. The lowest BCUT2D eigenvalue weighted by Crippen LogP contribution is -2.32. The van der Waals surface area contributed by atoms with Gasteiger partial charge in [-0.1, -0.05) is 32.9 Å². The van der Waals surface area contributed by atoms with E-state index in [1.165, 1.54) is 6.07 Å². The van der Waals surface area contributed by atoms with Crippen LogP contribution < -0.4 is 5.32 Å². The van der Waals surface area contributed by atoms with E-state index in [0.717, 1.165) is 49.2 Å². The molecule has 0 atom stereocenters. The van der Waals surface area contributed by atoms with Crippen LogP contribution >= 0.6 is 0 Å². The van der Waals surface area contributed by atoms with Crippen LogP contribution in [0.2, 0.25) is 0 Å². The second kappa shape index (κ2) is 10.8. The van der Waals surface area contributed by atoms with E-state index in [1.807, 2.05) is 26.0 Å². The molecule has 0 spiro atoms. The number of aryl methyl sites for hydroxylation is 1. The maximum atomic E-state index is 14.4. The van der Waals surface area contributed by atoms with Gasteiger partial charge in [0.2, 0.25) is 5.91 Å². The van der Waals surface area contributed by atoms with Gasteiger partial charge >= 0.3 is 0 Å². The molecule has 180 valence electrons. The van der Waals surface area contributed by atoms with Crippen molar-refractivity contribution in [1.29, 1.82) is 0 Å². The Labute approximate surface area is 197 Å². The lowest BCUT2D eigenvalue weighted by atomic mass is 9.86. The minimum absolute atomic E-state index is 0.172. The third kappa shape index (κ3) is 6.42. The number of carbonyl (C=O) groups is 1. The number of benzene rings is 2. The molecule has 1 aliphatic rings. The second-order valence-electron chi connectivity index (χ2n) is 9.35. The van der Waals surface area contributed by atoms with E-state index in [-0.39, 0.29) is 23.3 Å². The van der Waals surface area contributed by atoms with E-state index in [0.29, 0.717) is 17.2 Å². The van der Waals surface area contributed by atoms with Crippen LogP contribution in [0.4, 0.5) is 10.1 Å². The van der Waals surface area contributed by atoms with Gasteiger partial charge in [-0.05, 0) is 86.1 Å². The van der Waals surface area contributed by atoms with E-state index in [2.05, 4.69) is 10.2 Å². The first-order valence-corrected chi connectivity index (χ1v) is 13.4. The van der Waals surface area contributed by atoms with Crippen LogP contribution in [-0.2, 0) is 21.2 Å². The van der Waals surface area contributed by atoms with Gasteiger partial charge in [-0.3, -0.25) is 9.69 Å². The maximum Gasteiger partial charge on any atom is 0.227 e. The van der Waals surface area contributed by atoms with Gasteiger partial charge in [0.25, 0.3) is 0 Å². The van der Waals surface area contributed by atoms with Crippen LogP contribution in [0.5, 0.6) is 0 Å². The van der Waals surface area contributed by atoms with Gasteiger partial charge in [-0.2, -0.15) is 0 Å². The predicted molar refractivity (Wildman–Crippen MR) is 131 cm³/mol. The molecule has 1 fully saturated rings. The summed E-state index contributed by atoms with van der Waals surface area (Å²) in [5.41, 5.74) is 3.37. The monoisotopic (exact) mass is 474 g/mol. The first kappa shape index (κ1) is 25.4. The molecule has 1 heterocycles. The molecule has 0 bridgehead atoms. The summed E-state index contributed by atoms with van der Waals surface area (Å²) in [6.45, 7) is 9.96. The molecule has 2 aromatic carbocycles. The van der Waals surface area contributed by atoms with Crippen molar-refractivity contribution in [3.05, 3.63) is 58.9 Å². The van der Waals surface area contributed by atoms with Crippen molar-refractivity contribution in [2.75, 3.05) is 24.2 Å². The van der Waals surface area contributed by atoms with Gasteiger partial charge in [0.15, 0.2) is 9.84 Å². The summed E-state index contributed by atoms with van der Waals surface area (Å²) in [7, 11) is -3.19. The fourth-order valence-corrected chi connectivity index (χ4v) is 5.68. The minimum Gasteiger partial charge on any atom is -0.323 e. The van der Waals surface area contributed by atoms with Crippen molar-refractivity contribution >= 4 is 21.4 Å². The highest BCUT2D eigenvalue weighted by molar-refractivity contribution is 7.91. The third-order valence-electron chi connectivity index (χ3n) is 6.33. The van der Waals surface area contributed by atoms with Gasteiger partial charge in [-0.15, -0.1) is 0 Å². The summed E-state index contributed by atoms with van der Waals surface area (Å²) < 4.78 is 38.8. The third-order valence-corrected chi connectivity index (χ3v) is 8.26. The van der Waals surface area contributed by atoms with Crippen molar-refractivity contribution in [2.24, 2.45) is 5.92 Å². The number of sulfone groups is 1. The quantitative estimate of drug-likeness (QED) is 0.564. The van der Waals surface area contributed by atoms with E-state index in [1.54, 1.807) is 32.0 Å². The molecule has 0 radical (unpaired) electrons. The number of halogens is 1. The van der Waals surface area contributed by atoms with Gasteiger partial charge in [0.1, 0.15) is 5.82 Å². The number of carbonyl (C=O) groups excluding carboxylic acids is 1. The molecule has 0 aromatic heterocycles. The van der Waals surface area contributed by atoms with E-state index in [4.69, 9.17) is 0 Å². The Balaban J connectivity index is 1.62. The molecule has 2 aromatic rings. The molecule has 0 saturated carbocycles. The maximum absolute atomic E-state index is 14.4. The van der Waals surface area contributed by atoms with Crippen molar-refractivity contribution < 1.29 is 17.6 Å². The summed E-state index contributed by atoms with van der Waals surface area (Å²) in [6, 6.07) is 10.6. The molecular formula is C26H35FN2O3S. The lowest BCUT2D eigenvalue weighted by molar-refractivity contribution is -0.118. The van der Waals surface area contributed by atoms with Gasteiger partial charge in [-0.25, -0.2) is 12.8 Å². The van der Waals surface area contributed by atoms with Crippen molar-refractivity contribution in [1.82, 2.24) is 4.90 Å². The van der Waals surface area contributed by atoms with Crippen LogP contribution in [0, 0.1) is 18.7 Å². The zero-order valence-electron chi connectivity index (χ0n) is 20.0. The highest BCUT2D eigenvalue weighted by atomic mass is 32.2. The average molecular weight is 475 g/mol. The number of anilines is 1. The summed E-state index contributed by atoms with van der Waals surface area (Å²) in [5.74, 6) is -0.304. The molecule has 1 amide bonds. The fraction of sp³-hybridized carbons (Fsp3) is 0.500. The second-order valence-corrected chi connectivity index (χ2v) is 11.5. The van der Waals surface area contributed by atoms with E-state index >= 15 is 0 Å². The van der Waals surface area contributed by atoms with Gasteiger partial charge in [0.05, 0.1) is 16.3 Å². The molecule has 1 saturated heterocycles. The highest BCUT2D eigenvalue weighted by Gasteiger charge is 2.24. The van der Waals surface area contributed by atoms with Crippen molar-refractivity contribution in [3.8, 4) is 0 Å². The Morgan fingerprint density at radius 1 is 1.15 bits per heavy atom. The number of hydrogen-bond donors (Lipinski definition) is 1. The minimum atomic E-state index is -3.19. The number of nitrogens with one attached hydrogen (secondary N) is 1. The Kier molecular flexibility index (Phi) is 8.29. The topological polar surface area (TPSA) is 66.5 Å². The number of piperidine rings is 1. The van der Waals surface area contributed by atoms with Crippen molar-refractivity contribution in [2.45, 2.75) is 64.3 Å². The first-order valence-electron chi connectivity index (χ1n) is 11.8. The Morgan fingerprint density at radius 3 is 2.36 bits per heavy atom. The normalized spacial score (nSPS) is 15.7. The number of hydrogen-bond acceptors (Lipinski definition) is 4. The number of nitrogens with zero attached hydrogens (tertiary/aromatic N) is 1. The van der Waals surface area contributed by atoms with Crippen LogP contribution in [0.3, 0.4) is 0 Å². The van der Waals surface area contributed by atoms with E-state index in [9.17, 15) is 17.6 Å². The average Bonchev–Trinajstić information content (AvgIpc) is 2.76. The predicted octanol–water partition coefficient (Wildman–Crippen LogP) is 5.29. The number of likely N-dealkylation sites (tertiary alicyclic amines) is 1. The standard InChI is InChI=1S/C26H35FN2O3S/c1-5-14-33(31,32)22-8-6-20(7-9-22)17-29-12-10-21(11-13-29)23-16-25(24(27)15-19(23)4)28-26(30)18(2)3/h6-9,15-16,18,21H,5,10-14,17H2,1-4H3,(H,28,30). The van der Waals surface area contributed by atoms with Crippen LogP contribution in [0.15, 0.2) is 41.3 Å². The van der Waals surface area contributed by atoms with Crippen LogP contribution in [0.25, 0.3) is 0 Å². The Bertz CT molecular complexity index is 1070. The molecule has 3 rings (SSSR count). The highest BCUT2D eigenvalue weighted by Crippen LogP contribution is 2.33. The number of amides is 1. The SMILES string of the molecule is CCCS(=O)(=O)c1ccc(CN2CCC(c3cc(NC(=O)C(C)C)c(F)cc3C)CC2)cc1. The van der Waals surface area contributed by atoms with Crippen LogP contribution in [-0.4, -0.2) is 38.1 Å². The largest absolute Gasteiger partial charge is 0.323 e. The molecule has 0 unspecified atom stereocenters. The van der Waals surface area contributed by atoms with Crippen molar-refractivity contribution in [3.63, 3.8) is 0 Å². The Hall–Kier alpha value is -2.25. The van der Waals surface area contributed by atoms with Gasteiger partial charge in [0, 0.05) is 12.5 Å².